The third-order valence-electron chi connectivity index (χ3n) is 4.18. The lowest BCUT2D eigenvalue weighted by molar-refractivity contribution is 0.253. The van der Waals surface area contributed by atoms with Crippen LogP contribution in [0.1, 0.15) is 12.0 Å². The molecule has 0 radical (unpaired) electrons. The van der Waals surface area contributed by atoms with Crippen LogP contribution in [0.3, 0.4) is 0 Å². The van der Waals surface area contributed by atoms with Gasteiger partial charge in [-0.05, 0) is 47.9 Å². The van der Waals surface area contributed by atoms with Gasteiger partial charge in [-0.15, -0.1) is 0 Å². The van der Waals surface area contributed by atoms with Gasteiger partial charge < -0.3 is 0 Å². The summed E-state index contributed by atoms with van der Waals surface area (Å²) in [5.74, 6) is 0.654. The number of benzene rings is 1. The summed E-state index contributed by atoms with van der Waals surface area (Å²) in [4.78, 5) is 0. The minimum Gasteiger partial charge on any atom is -0.229 e. The fraction of sp³-hybridized carbons (Fsp3) is 0.571. The molecule has 0 aromatic heterocycles. The average molecular weight is 479 g/mol. The van der Waals surface area contributed by atoms with Gasteiger partial charge in [-0.2, -0.15) is 0 Å². The van der Waals surface area contributed by atoms with Crippen LogP contribution in [0.4, 0.5) is 0 Å². The van der Waals surface area contributed by atoms with Crippen molar-refractivity contribution < 1.29 is 8.42 Å². The predicted molar refractivity (Wildman–Crippen MR) is 96.9 cm³/mol. The zero-order valence-electron chi connectivity index (χ0n) is 11.3. The van der Waals surface area contributed by atoms with Crippen molar-refractivity contribution in [3.05, 3.63) is 33.8 Å². The highest BCUT2D eigenvalue weighted by Gasteiger charge is 2.43. The van der Waals surface area contributed by atoms with E-state index in [1.807, 2.05) is 6.07 Å². The van der Waals surface area contributed by atoms with Gasteiger partial charge in [0.15, 0.2) is 9.84 Å². The van der Waals surface area contributed by atoms with Gasteiger partial charge in [0.2, 0.25) is 0 Å². The molecule has 0 aliphatic carbocycles. The Hall–Kier alpha value is 0.710. The van der Waals surface area contributed by atoms with Gasteiger partial charge >= 0.3 is 0 Å². The Morgan fingerprint density at radius 1 is 1.24 bits per heavy atom. The molecule has 1 aromatic carbocycles. The van der Waals surface area contributed by atoms with E-state index in [0.29, 0.717) is 33.5 Å². The molecule has 1 aliphatic heterocycles. The van der Waals surface area contributed by atoms with Gasteiger partial charge in [0, 0.05) is 20.7 Å². The Bertz CT molecular complexity index is 615. The first kappa shape index (κ1) is 18.1. The molecule has 2 nitrogen and oxygen atoms in total. The van der Waals surface area contributed by atoms with E-state index in [1.54, 1.807) is 12.1 Å². The molecule has 118 valence electrons. The van der Waals surface area contributed by atoms with Crippen LogP contribution in [0, 0.1) is 11.3 Å². The van der Waals surface area contributed by atoms with Crippen molar-refractivity contribution in [3.63, 3.8) is 0 Å². The Labute approximate surface area is 152 Å². The highest BCUT2D eigenvalue weighted by molar-refractivity contribution is 9.09. The first-order chi connectivity index (χ1) is 9.82. The van der Waals surface area contributed by atoms with Crippen molar-refractivity contribution in [2.75, 3.05) is 22.2 Å². The second-order valence-electron chi connectivity index (χ2n) is 5.64. The lowest BCUT2D eigenvalue weighted by Gasteiger charge is -2.36. The SMILES string of the molecule is O=S1(=O)CCC(C(CBr)(CBr)Cc2cc(Cl)ccc2Cl)C1. The first-order valence-electron chi connectivity index (χ1n) is 6.58. The molecule has 7 heteroatoms. The molecular formula is C14H16Br2Cl2O2S. The second-order valence-corrected chi connectivity index (χ2v) is 9.84. The molecular weight excluding hydrogens is 463 g/mol. The van der Waals surface area contributed by atoms with E-state index in [4.69, 9.17) is 23.2 Å². The van der Waals surface area contributed by atoms with Crippen LogP contribution in [-0.2, 0) is 16.3 Å². The fourth-order valence-electron chi connectivity index (χ4n) is 2.83. The topological polar surface area (TPSA) is 34.1 Å². The summed E-state index contributed by atoms with van der Waals surface area (Å²) in [6, 6.07) is 5.42. The fourth-order valence-corrected chi connectivity index (χ4v) is 7.39. The quantitative estimate of drug-likeness (QED) is 0.572. The van der Waals surface area contributed by atoms with E-state index >= 15 is 0 Å². The molecule has 1 heterocycles. The van der Waals surface area contributed by atoms with E-state index < -0.39 is 9.84 Å². The van der Waals surface area contributed by atoms with E-state index in [2.05, 4.69) is 31.9 Å². The molecule has 2 rings (SSSR count). The molecule has 0 N–H and O–H groups in total. The number of rotatable bonds is 5. The number of hydrogen-bond donors (Lipinski definition) is 0. The van der Waals surface area contributed by atoms with Gasteiger partial charge in [0.05, 0.1) is 11.5 Å². The highest BCUT2D eigenvalue weighted by atomic mass is 79.9. The minimum absolute atomic E-state index is 0.122. The van der Waals surface area contributed by atoms with Gasteiger partial charge in [0.1, 0.15) is 0 Å². The normalized spacial score (nSPS) is 21.6. The Morgan fingerprint density at radius 2 is 1.90 bits per heavy atom. The monoisotopic (exact) mass is 476 g/mol. The third kappa shape index (κ3) is 4.17. The van der Waals surface area contributed by atoms with Crippen molar-refractivity contribution in [2.45, 2.75) is 12.8 Å². The largest absolute Gasteiger partial charge is 0.229 e. The smallest absolute Gasteiger partial charge is 0.150 e. The molecule has 0 amide bonds. The van der Waals surface area contributed by atoms with Crippen LogP contribution < -0.4 is 0 Å². The van der Waals surface area contributed by atoms with E-state index in [9.17, 15) is 8.42 Å². The van der Waals surface area contributed by atoms with Crippen molar-refractivity contribution in [1.82, 2.24) is 0 Å². The number of alkyl halides is 2. The van der Waals surface area contributed by atoms with Crippen LogP contribution >= 0.6 is 55.1 Å². The maximum atomic E-state index is 11.8. The molecule has 1 aromatic rings. The summed E-state index contributed by atoms with van der Waals surface area (Å²) in [6.07, 6.45) is 1.40. The highest BCUT2D eigenvalue weighted by Crippen LogP contribution is 2.43. The molecule has 0 spiro atoms. The van der Waals surface area contributed by atoms with Crippen LogP contribution in [0.2, 0.25) is 10.0 Å². The maximum absolute atomic E-state index is 11.8. The Kier molecular flexibility index (Phi) is 6.09. The molecule has 0 bridgehead atoms. The Balaban J connectivity index is 2.32. The van der Waals surface area contributed by atoms with Crippen molar-refractivity contribution >= 4 is 64.9 Å². The lowest BCUT2D eigenvalue weighted by Crippen LogP contribution is -2.37. The van der Waals surface area contributed by atoms with Crippen molar-refractivity contribution in [1.29, 1.82) is 0 Å². The van der Waals surface area contributed by atoms with E-state index in [1.165, 1.54) is 0 Å². The van der Waals surface area contributed by atoms with Crippen LogP contribution in [-0.4, -0.2) is 30.6 Å². The summed E-state index contributed by atoms with van der Waals surface area (Å²) < 4.78 is 23.6. The predicted octanol–water partition coefficient (Wildman–Crippen LogP) is 4.75. The summed E-state index contributed by atoms with van der Waals surface area (Å²) >= 11 is 19.5. The standard InChI is InChI=1S/C14H16Br2Cl2O2S/c15-8-14(9-16,11-3-4-21(19,20)7-11)6-10-5-12(17)1-2-13(10)18/h1-2,5,11H,3-4,6-9H2. The zero-order valence-corrected chi connectivity index (χ0v) is 16.8. The summed E-state index contributed by atoms with van der Waals surface area (Å²) in [7, 11) is -2.91. The van der Waals surface area contributed by atoms with Crippen LogP contribution in [0.5, 0.6) is 0 Å². The zero-order chi connectivity index (χ0) is 15.7. The van der Waals surface area contributed by atoms with Gasteiger partial charge in [0.25, 0.3) is 0 Å². The minimum atomic E-state index is -2.91. The average Bonchev–Trinajstić information content (AvgIpc) is 2.81. The molecule has 1 atom stereocenters. The van der Waals surface area contributed by atoms with Gasteiger partial charge in [-0.1, -0.05) is 55.1 Å². The first-order valence-corrected chi connectivity index (χ1v) is 11.4. The summed E-state index contributed by atoms with van der Waals surface area (Å²) in [6.45, 7) is 0. The molecule has 21 heavy (non-hydrogen) atoms. The van der Waals surface area contributed by atoms with Gasteiger partial charge in [-0.3, -0.25) is 0 Å². The van der Waals surface area contributed by atoms with E-state index in [-0.39, 0.29) is 22.8 Å². The van der Waals surface area contributed by atoms with Crippen LogP contribution in [0.15, 0.2) is 18.2 Å². The van der Waals surface area contributed by atoms with Gasteiger partial charge in [-0.25, -0.2) is 8.42 Å². The molecule has 1 fully saturated rings. The molecule has 1 saturated heterocycles. The molecule has 0 saturated carbocycles. The number of halogens is 4. The Morgan fingerprint density at radius 3 is 2.43 bits per heavy atom. The molecule has 1 aliphatic rings. The van der Waals surface area contributed by atoms with Crippen LogP contribution in [0.25, 0.3) is 0 Å². The number of sulfone groups is 1. The second kappa shape index (κ2) is 7.08. The summed E-state index contributed by atoms with van der Waals surface area (Å²) in [5, 5.41) is 2.75. The lowest BCUT2D eigenvalue weighted by atomic mass is 9.74. The summed E-state index contributed by atoms with van der Waals surface area (Å²) in [5.41, 5.74) is 0.783. The number of hydrogen-bond acceptors (Lipinski definition) is 2. The molecule has 1 unspecified atom stereocenters. The third-order valence-corrected chi connectivity index (χ3v) is 8.79. The van der Waals surface area contributed by atoms with E-state index in [0.717, 1.165) is 5.56 Å². The van der Waals surface area contributed by atoms with Crippen molar-refractivity contribution in [3.8, 4) is 0 Å². The van der Waals surface area contributed by atoms with Crippen molar-refractivity contribution in [2.24, 2.45) is 11.3 Å². The maximum Gasteiger partial charge on any atom is 0.150 e.